The predicted molar refractivity (Wildman–Crippen MR) is 95.4 cm³/mol. The Morgan fingerprint density at radius 2 is 2.04 bits per heavy atom. The molecule has 0 bridgehead atoms. The molecule has 0 spiro atoms. The fourth-order valence-electron chi connectivity index (χ4n) is 2.72. The average molecular weight is 342 g/mol. The Bertz CT molecular complexity index is 944. The van der Waals surface area contributed by atoms with Crippen molar-refractivity contribution in [2.45, 2.75) is 26.8 Å². The molecule has 124 valence electrons. The topological polar surface area (TPSA) is 61.2 Å². The highest BCUT2D eigenvalue weighted by Gasteiger charge is 2.22. The zero-order valence-electron chi connectivity index (χ0n) is 13.8. The van der Waals surface area contributed by atoms with Crippen LogP contribution in [0, 0.1) is 6.92 Å². The van der Waals surface area contributed by atoms with Crippen molar-refractivity contribution in [2.75, 3.05) is 6.61 Å². The molecule has 0 aliphatic heterocycles. The summed E-state index contributed by atoms with van der Waals surface area (Å²) in [6.45, 7) is 5.65. The summed E-state index contributed by atoms with van der Waals surface area (Å²) >= 11 is 1.49. The van der Waals surface area contributed by atoms with Crippen LogP contribution in [0.15, 0.2) is 41.5 Å². The molecule has 6 heteroatoms. The van der Waals surface area contributed by atoms with E-state index < -0.39 is 12.0 Å². The highest BCUT2D eigenvalue weighted by atomic mass is 32.1. The van der Waals surface area contributed by atoms with Crippen LogP contribution in [-0.2, 0) is 9.53 Å². The van der Waals surface area contributed by atoms with Crippen LogP contribution in [0.5, 0.6) is 0 Å². The minimum Gasteiger partial charge on any atom is -0.464 e. The Morgan fingerprint density at radius 3 is 2.71 bits per heavy atom. The van der Waals surface area contributed by atoms with Crippen molar-refractivity contribution in [3.63, 3.8) is 0 Å². The van der Waals surface area contributed by atoms with E-state index in [0.717, 1.165) is 16.0 Å². The van der Waals surface area contributed by atoms with Gasteiger partial charge in [-0.25, -0.2) is 9.78 Å². The van der Waals surface area contributed by atoms with Crippen molar-refractivity contribution in [3.8, 4) is 11.1 Å². The second-order valence-corrected chi connectivity index (χ2v) is 6.67. The Hall–Kier alpha value is -2.47. The van der Waals surface area contributed by atoms with Gasteiger partial charge in [-0.15, -0.1) is 11.3 Å². The van der Waals surface area contributed by atoms with E-state index in [-0.39, 0.29) is 12.2 Å². The van der Waals surface area contributed by atoms with Gasteiger partial charge in [0.1, 0.15) is 10.9 Å². The summed E-state index contributed by atoms with van der Waals surface area (Å²) in [5.41, 5.74) is 1.64. The van der Waals surface area contributed by atoms with Gasteiger partial charge in [0.05, 0.1) is 18.3 Å². The molecule has 3 aromatic rings. The van der Waals surface area contributed by atoms with Gasteiger partial charge in [0.25, 0.3) is 5.56 Å². The minimum absolute atomic E-state index is 0.219. The smallest absolute Gasteiger partial charge is 0.328 e. The quantitative estimate of drug-likeness (QED) is 0.680. The third-order valence-corrected chi connectivity index (χ3v) is 4.93. The zero-order chi connectivity index (χ0) is 17.3. The lowest BCUT2D eigenvalue weighted by Crippen LogP contribution is -2.29. The number of nitrogens with zero attached hydrogens (tertiary/aromatic N) is 2. The predicted octanol–water partition coefficient (Wildman–Crippen LogP) is 3.56. The number of fused-ring (bicyclic) bond motifs is 1. The SMILES string of the molecule is CCOC(=O)[C@@H](C)n1cnc2sc(C)c(-c3ccccc3)c2c1=O. The summed E-state index contributed by atoms with van der Waals surface area (Å²) in [4.78, 5) is 31.1. The van der Waals surface area contributed by atoms with E-state index in [1.165, 1.54) is 22.2 Å². The largest absolute Gasteiger partial charge is 0.464 e. The third kappa shape index (κ3) is 2.73. The number of aryl methyl sites for hydroxylation is 1. The van der Waals surface area contributed by atoms with Gasteiger partial charge in [0.15, 0.2) is 0 Å². The number of carbonyl (C=O) groups is 1. The number of aromatic nitrogens is 2. The number of rotatable bonds is 4. The first-order valence-corrected chi connectivity index (χ1v) is 8.58. The number of ether oxygens (including phenoxy) is 1. The number of hydrogen-bond acceptors (Lipinski definition) is 5. The molecule has 0 N–H and O–H groups in total. The molecule has 0 saturated carbocycles. The molecule has 1 aromatic carbocycles. The average Bonchev–Trinajstić information content (AvgIpc) is 2.92. The molecule has 0 saturated heterocycles. The summed E-state index contributed by atoms with van der Waals surface area (Å²) in [5, 5.41) is 0.558. The number of carbonyl (C=O) groups excluding carboxylic acids is 1. The Labute approximate surface area is 143 Å². The molecular formula is C18H18N2O3S. The van der Waals surface area contributed by atoms with Crippen molar-refractivity contribution in [1.82, 2.24) is 9.55 Å². The van der Waals surface area contributed by atoms with Crippen molar-refractivity contribution in [3.05, 3.63) is 51.9 Å². The minimum atomic E-state index is -0.710. The second-order valence-electron chi connectivity index (χ2n) is 5.46. The number of benzene rings is 1. The zero-order valence-corrected chi connectivity index (χ0v) is 14.6. The van der Waals surface area contributed by atoms with Gasteiger partial charge in [0, 0.05) is 10.4 Å². The standard InChI is InChI=1S/C18H18N2O3S/c1-4-23-18(22)11(2)20-10-19-16-15(17(20)21)14(12(3)24-16)13-8-6-5-7-9-13/h5-11H,4H2,1-3H3/t11-/m1/s1. The van der Waals surface area contributed by atoms with E-state index in [9.17, 15) is 9.59 Å². The number of thiophene rings is 1. The number of esters is 1. The van der Waals surface area contributed by atoms with Gasteiger partial charge >= 0.3 is 5.97 Å². The normalized spacial score (nSPS) is 12.3. The van der Waals surface area contributed by atoms with Crippen LogP contribution in [0.25, 0.3) is 21.3 Å². The van der Waals surface area contributed by atoms with Gasteiger partial charge in [-0.2, -0.15) is 0 Å². The van der Waals surface area contributed by atoms with Gasteiger partial charge in [-0.1, -0.05) is 30.3 Å². The van der Waals surface area contributed by atoms with Crippen LogP contribution in [0.2, 0.25) is 0 Å². The lowest BCUT2D eigenvalue weighted by molar-refractivity contribution is -0.146. The Balaban J connectivity index is 2.22. The number of hydrogen-bond donors (Lipinski definition) is 0. The Kier molecular flexibility index (Phi) is 4.49. The fourth-order valence-corrected chi connectivity index (χ4v) is 3.72. The van der Waals surface area contributed by atoms with Gasteiger partial charge in [0.2, 0.25) is 0 Å². The summed E-state index contributed by atoms with van der Waals surface area (Å²) in [6, 6.07) is 9.05. The molecule has 0 aliphatic carbocycles. The van der Waals surface area contributed by atoms with Gasteiger partial charge < -0.3 is 4.74 Å². The lowest BCUT2D eigenvalue weighted by atomic mass is 10.0. The van der Waals surface area contributed by atoms with Crippen molar-refractivity contribution in [2.24, 2.45) is 0 Å². The van der Waals surface area contributed by atoms with Crippen molar-refractivity contribution >= 4 is 27.5 Å². The molecule has 2 aromatic heterocycles. The van der Waals surface area contributed by atoms with Crippen LogP contribution in [0.1, 0.15) is 24.8 Å². The van der Waals surface area contributed by atoms with E-state index in [0.29, 0.717) is 10.2 Å². The van der Waals surface area contributed by atoms with E-state index in [1.807, 2.05) is 37.3 Å². The molecule has 1 atom stereocenters. The van der Waals surface area contributed by atoms with Crippen LogP contribution in [0.3, 0.4) is 0 Å². The molecule has 0 unspecified atom stereocenters. The van der Waals surface area contributed by atoms with Crippen LogP contribution in [0.4, 0.5) is 0 Å². The van der Waals surface area contributed by atoms with Gasteiger partial charge in [-0.05, 0) is 26.3 Å². The summed E-state index contributed by atoms with van der Waals surface area (Å²) < 4.78 is 6.37. The summed E-state index contributed by atoms with van der Waals surface area (Å²) in [5.74, 6) is -0.436. The highest BCUT2D eigenvalue weighted by Crippen LogP contribution is 2.35. The Morgan fingerprint density at radius 1 is 1.33 bits per heavy atom. The molecule has 0 aliphatic rings. The molecule has 0 amide bonds. The monoisotopic (exact) mass is 342 g/mol. The van der Waals surface area contributed by atoms with Crippen LogP contribution < -0.4 is 5.56 Å². The fraction of sp³-hybridized carbons (Fsp3) is 0.278. The molecule has 3 rings (SSSR count). The lowest BCUT2D eigenvalue weighted by Gasteiger charge is -2.13. The maximum atomic E-state index is 13.0. The van der Waals surface area contributed by atoms with Crippen LogP contribution >= 0.6 is 11.3 Å². The highest BCUT2D eigenvalue weighted by molar-refractivity contribution is 7.19. The van der Waals surface area contributed by atoms with E-state index >= 15 is 0 Å². The summed E-state index contributed by atoms with van der Waals surface area (Å²) in [7, 11) is 0. The third-order valence-electron chi connectivity index (χ3n) is 3.92. The first-order valence-electron chi connectivity index (χ1n) is 7.76. The molecule has 5 nitrogen and oxygen atoms in total. The van der Waals surface area contributed by atoms with Crippen molar-refractivity contribution in [1.29, 1.82) is 0 Å². The molecule has 24 heavy (non-hydrogen) atoms. The van der Waals surface area contributed by atoms with E-state index in [4.69, 9.17) is 4.74 Å². The first kappa shape index (κ1) is 16.4. The molecular weight excluding hydrogens is 324 g/mol. The molecule has 0 fully saturated rings. The maximum Gasteiger partial charge on any atom is 0.328 e. The maximum absolute atomic E-state index is 13.0. The van der Waals surface area contributed by atoms with E-state index in [1.54, 1.807) is 13.8 Å². The molecule has 2 heterocycles. The molecule has 0 radical (unpaired) electrons. The first-order chi connectivity index (χ1) is 11.5. The van der Waals surface area contributed by atoms with E-state index in [2.05, 4.69) is 4.98 Å². The van der Waals surface area contributed by atoms with Crippen molar-refractivity contribution < 1.29 is 9.53 Å². The van der Waals surface area contributed by atoms with Crippen LogP contribution in [-0.4, -0.2) is 22.1 Å². The van der Waals surface area contributed by atoms with Gasteiger partial charge in [-0.3, -0.25) is 9.36 Å². The summed E-state index contributed by atoms with van der Waals surface area (Å²) in [6.07, 6.45) is 1.43. The second kappa shape index (κ2) is 6.57.